The summed E-state index contributed by atoms with van der Waals surface area (Å²) in [4.78, 5) is 12.7. The number of halogens is 1. The highest BCUT2D eigenvalue weighted by molar-refractivity contribution is 6.34. The van der Waals surface area contributed by atoms with Crippen LogP contribution in [0, 0.1) is 0 Å². The predicted molar refractivity (Wildman–Crippen MR) is 95.4 cm³/mol. The summed E-state index contributed by atoms with van der Waals surface area (Å²) in [5.41, 5.74) is 3.94. The maximum absolute atomic E-state index is 12.7. The Kier molecular flexibility index (Phi) is 3.82. The van der Waals surface area contributed by atoms with Crippen LogP contribution >= 0.6 is 11.6 Å². The molecule has 0 bridgehead atoms. The van der Waals surface area contributed by atoms with Crippen LogP contribution in [0.3, 0.4) is 0 Å². The van der Waals surface area contributed by atoms with Crippen molar-refractivity contribution in [2.24, 2.45) is 0 Å². The number of carbonyl (C=O) groups excluding carboxylic acids is 1. The van der Waals surface area contributed by atoms with Gasteiger partial charge in [-0.3, -0.25) is 9.89 Å². The van der Waals surface area contributed by atoms with Gasteiger partial charge < -0.3 is 5.32 Å². The molecule has 1 fully saturated rings. The van der Waals surface area contributed by atoms with Gasteiger partial charge in [0.25, 0.3) is 5.91 Å². The molecular formula is C19H16ClN3O. The highest BCUT2D eigenvalue weighted by Gasteiger charge is 2.31. The SMILES string of the molecule is O=C(Nc1c(-c2ccccc2)n[nH]c1C1CC1)c1ccccc1Cl. The second kappa shape index (κ2) is 6.13. The molecule has 0 radical (unpaired) electrons. The van der Waals surface area contributed by atoms with E-state index in [1.807, 2.05) is 36.4 Å². The number of benzene rings is 2. The van der Waals surface area contributed by atoms with Crippen molar-refractivity contribution in [2.45, 2.75) is 18.8 Å². The quantitative estimate of drug-likeness (QED) is 0.714. The number of anilines is 1. The van der Waals surface area contributed by atoms with Crippen molar-refractivity contribution in [2.75, 3.05) is 5.32 Å². The summed E-state index contributed by atoms with van der Waals surface area (Å²) in [5, 5.41) is 11.0. The second-order valence-corrected chi connectivity index (χ2v) is 6.34. The lowest BCUT2D eigenvalue weighted by molar-refractivity contribution is 0.102. The van der Waals surface area contributed by atoms with E-state index in [0.717, 1.165) is 35.5 Å². The molecule has 2 N–H and O–H groups in total. The first kappa shape index (κ1) is 15.0. The van der Waals surface area contributed by atoms with Crippen molar-refractivity contribution < 1.29 is 4.79 Å². The van der Waals surface area contributed by atoms with Crippen LogP contribution < -0.4 is 5.32 Å². The topological polar surface area (TPSA) is 57.8 Å². The van der Waals surface area contributed by atoms with Crippen LogP contribution in [0.15, 0.2) is 54.6 Å². The molecule has 4 rings (SSSR count). The Morgan fingerprint density at radius 2 is 1.79 bits per heavy atom. The smallest absolute Gasteiger partial charge is 0.257 e. The zero-order chi connectivity index (χ0) is 16.5. The highest BCUT2D eigenvalue weighted by Crippen LogP contribution is 2.45. The van der Waals surface area contributed by atoms with Crippen molar-refractivity contribution in [3.63, 3.8) is 0 Å². The molecule has 2 aromatic carbocycles. The molecule has 1 saturated carbocycles. The number of hydrogen-bond donors (Lipinski definition) is 2. The molecule has 5 heteroatoms. The van der Waals surface area contributed by atoms with Gasteiger partial charge in [-0.05, 0) is 25.0 Å². The van der Waals surface area contributed by atoms with E-state index in [9.17, 15) is 4.79 Å². The Hall–Kier alpha value is -2.59. The Balaban J connectivity index is 1.73. The van der Waals surface area contributed by atoms with Crippen molar-refractivity contribution in [1.29, 1.82) is 0 Å². The largest absolute Gasteiger partial charge is 0.318 e. The van der Waals surface area contributed by atoms with Crippen LogP contribution in [0.1, 0.15) is 34.8 Å². The number of carbonyl (C=O) groups is 1. The van der Waals surface area contributed by atoms with Crippen LogP contribution in [0.25, 0.3) is 11.3 Å². The van der Waals surface area contributed by atoms with Crippen LogP contribution in [-0.4, -0.2) is 16.1 Å². The molecule has 1 aliphatic carbocycles. The van der Waals surface area contributed by atoms with Crippen LogP contribution in [0.5, 0.6) is 0 Å². The summed E-state index contributed by atoms with van der Waals surface area (Å²) in [7, 11) is 0. The Morgan fingerprint density at radius 3 is 2.50 bits per heavy atom. The molecule has 0 saturated heterocycles. The highest BCUT2D eigenvalue weighted by atomic mass is 35.5. The Bertz CT molecular complexity index is 885. The standard InChI is InChI=1S/C19H16ClN3O/c20-15-9-5-4-8-14(15)19(24)21-18-16(12-6-2-1-3-7-12)22-23-17(18)13-10-11-13/h1-9,13H,10-11H2,(H,21,24)(H,22,23). The number of aromatic amines is 1. The zero-order valence-electron chi connectivity index (χ0n) is 12.9. The first-order valence-electron chi connectivity index (χ1n) is 7.93. The lowest BCUT2D eigenvalue weighted by Crippen LogP contribution is -2.13. The molecule has 24 heavy (non-hydrogen) atoms. The van der Waals surface area contributed by atoms with Gasteiger partial charge in [-0.15, -0.1) is 0 Å². The van der Waals surface area contributed by atoms with E-state index in [0.29, 0.717) is 16.5 Å². The van der Waals surface area contributed by atoms with Gasteiger partial charge in [0.05, 0.1) is 22.0 Å². The zero-order valence-corrected chi connectivity index (χ0v) is 13.7. The maximum Gasteiger partial charge on any atom is 0.257 e. The van der Waals surface area contributed by atoms with Gasteiger partial charge >= 0.3 is 0 Å². The van der Waals surface area contributed by atoms with Gasteiger partial charge in [0.15, 0.2) is 0 Å². The van der Waals surface area contributed by atoms with Gasteiger partial charge in [-0.1, -0.05) is 54.1 Å². The number of aromatic nitrogens is 2. The van der Waals surface area contributed by atoms with Crippen molar-refractivity contribution in [1.82, 2.24) is 10.2 Å². The number of nitrogens with zero attached hydrogens (tertiary/aromatic N) is 1. The number of H-pyrrole nitrogens is 1. The molecule has 1 aromatic heterocycles. The normalized spacial score (nSPS) is 13.7. The van der Waals surface area contributed by atoms with Gasteiger partial charge in [0, 0.05) is 11.5 Å². The number of nitrogens with one attached hydrogen (secondary N) is 2. The average molecular weight is 338 g/mol. The van der Waals surface area contributed by atoms with Crippen LogP contribution in [-0.2, 0) is 0 Å². The fourth-order valence-corrected chi connectivity index (χ4v) is 3.00. The fourth-order valence-electron chi connectivity index (χ4n) is 2.78. The van der Waals surface area contributed by atoms with Gasteiger partial charge in [-0.2, -0.15) is 5.10 Å². The third-order valence-corrected chi connectivity index (χ3v) is 4.51. The summed E-state index contributed by atoms with van der Waals surface area (Å²) >= 11 is 6.15. The summed E-state index contributed by atoms with van der Waals surface area (Å²) in [5.74, 6) is 0.220. The van der Waals surface area contributed by atoms with Gasteiger partial charge in [0.1, 0.15) is 5.69 Å². The molecule has 0 aliphatic heterocycles. The van der Waals surface area contributed by atoms with E-state index in [-0.39, 0.29) is 5.91 Å². The van der Waals surface area contributed by atoms with E-state index in [4.69, 9.17) is 11.6 Å². The lowest BCUT2D eigenvalue weighted by Gasteiger charge is -2.09. The molecule has 0 unspecified atom stereocenters. The van der Waals surface area contributed by atoms with E-state index in [1.165, 1.54) is 0 Å². The summed E-state index contributed by atoms with van der Waals surface area (Å²) < 4.78 is 0. The van der Waals surface area contributed by atoms with E-state index in [2.05, 4.69) is 15.5 Å². The number of hydrogen-bond acceptors (Lipinski definition) is 2. The third-order valence-electron chi connectivity index (χ3n) is 4.18. The minimum Gasteiger partial charge on any atom is -0.318 e. The van der Waals surface area contributed by atoms with Gasteiger partial charge in [-0.25, -0.2) is 0 Å². The van der Waals surface area contributed by atoms with Crippen LogP contribution in [0.2, 0.25) is 5.02 Å². The predicted octanol–water partition coefficient (Wildman–Crippen LogP) is 4.86. The molecule has 4 nitrogen and oxygen atoms in total. The summed E-state index contributed by atoms with van der Waals surface area (Å²) in [6.45, 7) is 0. The third kappa shape index (κ3) is 2.81. The molecule has 1 amide bonds. The van der Waals surface area contributed by atoms with Crippen LogP contribution in [0.4, 0.5) is 5.69 Å². The number of rotatable bonds is 4. The van der Waals surface area contributed by atoms with Crippen molar-refractivity contribution in [3.05, 3.63) is 70.9 Å². The Morgan fingerprint density at radius 1 is 1.08 bits per heavy atom. The molecule has 3 aromatic rings. The Labute approximate surface area is 144 Å². The molecule has 1 aliphatic rings. The lowest BCUT2D eigenvalue weighted by atomic mass is 10.1. The minimum atomic E-state index is -0.221. The summed E-state index contributed by atoms with van der Waals surface area (Å²) in [6, 6.07) is 16.9. The van der Waals surface area contributed by atoms with E-state index >= 15 is 0 Å². The first-order chi connectivity index (χ1) is 11.7. The molecule has 0 spiro atoms. The molecule has 0 atom stereocenters. The second-order valence-electron chi connectivity index (χ2n) is 5.94. The van der Waals surface area contributed by atoms with E-state index in [1.54, 1.807) is 18.2 Å². The molecule has 120 valence electrons. The monoisotopic (exact) mass is 337 g/mol. The van der Waals surface area contributed by atoms with Gasteiger partial charge in [0.2, 0.25) is 0 Å². The summed E-state index contributed by atoms with van der Waals surface area (Å²) in [6.07, 6.45) is 2.23. The first-order valence-corrected chi connectivity index (χ1v) is 8.31. The van der Waals surface area contributed by atoms with E-state index < -0.39 is 0 Å². The minimum absolute atomic E-state index is 0.221. The molecule has 1 heterocycles. The average Bonchev–Trinajstić information content (AvgIpc) is 3.37. The number of amides is 1. The molecular weight excluding hydrogens is 322 g/mol. The fraction of sp³-hybridized carbons (Fsp3) is 0.158. The maximum atomic E-state index is 12.7. The van der Waals surface area contributed by atoms with Crippen molar-refractivity contribution >= 4 is 23.2 Å². The van der Waals surface area contributed by atoms with Crippen molar-refractivity contribution in [3.8, 4) is 11.3 Å².